The van der Waals surface area contributed by atoms with Gasteiger partial charge in [0.05, 0.1) is 11.3 Å². The molecule has 1 aliphatic carbocycles. The summed E-state index contributed by atoms with van der Waals surface area (Å²) in [4.78, 5) is 13.4. The minimum absolute atomic E-state index is 0.444. The molecule has 3 rings (SSSR count). The summed E-state index contributed by atoms with van der Waals surface area (Å²) < 4.78 is 0. The van der Waals surface area contributed by atoms with Crippen molar-refractivity contribution in [2.45, 2.75) is 26.2 Å². The summed E-state index contributed by atoms with van der Waals surface area (Å²) in [5, 5.41) is 9.23. The van der Waals surface area contributed by atoms with Crippen LogP contribution < -0.4 is 4.90 Å². The van der Waals surface area contributed by atoms with Gasteiger partial charge < -0.3 is 10.0 Å². The Kier molecular flexibility index (Phi) is 2.18. The standard InChI is InChI=1S/C14H17NO2/c1-10-3-4-12(11(7-10)13(16)17)15-8-14(9-15)5-2-6-14/h3-4,7H,2,5-6,8-9H2,1H3,(H,16,17). The van der Waals surface area contributed by atoms with E-state index in [1.807, 2.05) is 19.1 Å². The molecule has 1 heterocycles. The maximum absolute atomic E-state index is 11.2. The van der Waals surface area contributed by atoms with Crippen LogP contribution in [0, 0.1) is 12.3 Å². The highest BCUT2D eigenvalue weighted by Gasteiger charge is 2.47. The monoisotopic (exact) mass is 231 g/mol. The molecule has 1 saturated heterocycles. The fourth-order valence-electron chi connectivity index (χ4n) is 3.02. The predicted molar refractivity (Wildman–Crippen MR) is 66.6 cm³/mol. The first-order chi connectivity index (χ1) is 8.10. The van der Waals surface area contributed by atoms with Crippen LogP contribution >= 0.6 is 0 Å². The van der Waals surface area contributed by atoms with Gasteiger partial charge in [0.1, 0.15) is 0 Å². The lowest BCUT2D eigenvalue weighted by atomic mass is 9.63. The van der Waals surface area contributed by atoms with Gasteiger partial charge in [-0.15, -0.1) is 0 Å². The number of carbonyl (C=O) groups is 1. The van der Waals surface area contributed by atoms with Crippen LogP contribution in [0.15, 0.2) is 18.2 Å². The molecule has 0 atom stereocenters. The summed E-state index contributed by atoms with van der Waals surface area (Å²) in [6, 6.07) is 5.71. The topological polar surface area (TPSA) is 40.5 Å². The summed E-state index contributed by atoms with van der Waals surface area (Å²) in [5.74, 6) is -0.821. The third-order valence-electron chi connectivity index (χ3n) is 4.19. The quantitative estimate of drug-likeness (QED) is 0.850. The van der Waals surface area contributed by atoms with E-state index < -0.39 is 5.97 Å². The fraction of sp³-hybridized carbons (Fsp3) is 0.500. The van der Waals surface area contributed by atoms with Gasteiger partial charge in [0, 0.05) is 18.5 Å². The van der Waals surface area contributed by atoms with Gasteiger partial charge in [0.25, 0.3) is 0 Å². The maximum Gasteiger partial charge on any atom is 0.337 e. The molecule has 0 bridgehead atoms. The van der Waals surface area contributed by atoms with Crippen molar-refractivity contribution in [3.63, 3.8) is 0 Å². The van der Waals surface area contributed by atoms with Crippen LogP contribution in [0.4, 0.5) is 5.69 Å². The third kappa shape index (κ3) is 1.61. The lowest BCUT2D eigenvalue weighted by Gasteiger charge is -2.57. The van der Waals surface area contributed by atoms with Crippen LogP contribution in [0.2, 0.25) is 0 Å². The van der Waals surface area contributed by atoms with E-state index in [1.165, 1.54) is 19.3 Å². The van der Waals surface area contributed by atoms with E-state index in [-0.39, 0.29) is 0 Å². The molecule has 0 amide bonds. The van der Waals surface area contributed by atoms with E-state index in [1.54, 1.807) is 6.07 Å². The van der Waals surface area contributed by atoms with Crippen molar-refractivity contribution in [3.05, 3.63) is 29.3 Å². The van der Waals surface area contributed by atoms with Crippen molar-refractivity contribution in [3.8, 4) is 0 Å². The van der Waals surface area contributed by atoms with E-state index in [4.69, 9.17) is 0 Å². The van der Waals surface area contributed by atoms with Gasteiger partial charge >= 0.3 is 5.97 Å². The first-order valence-electron chi connectivity index (χ1n) is 6.19. The van der Waals surface area contributed by atoms with Crippen LogP contribution in [0.25, 0.3) is 0 Å². The number of aromatic carboxylic acids is 1. The zero-order valence-electron chi connectivity index (χ0n) is 10.1. The number of hydrogen-bond acceptors (Lipinski definition) is 2. The SMILES string of the molecule is Cc1ccc(N2CC3(CCC3)C2)c(C(=O)O)c1. The molecular formula is C14H17NO2. The normalized spacial score (nSPS) is 20.9. The van der Waals surface area contributed by atoms with E-state index in [9.17, 15) is 9.90 Å². The van der Waals surface area contributed by atoms with Crippen molar-refractivity contribution in [2.24, 2.45) is 5.41 Å². The summed E-state index contributed by atoms with van der Waals surface area (Å²) >= 11 is 0. The first-order valence-corrected chi connectivity index (χ1v) is 6.19. The number of nitrogens with zero attached hydrogens (tertiary/aromatic N) is 1. The Labute approximate surface area is 101 Å². The van der Waals surface area contributed by atoms with Gasteiger partial charge in [-0.25, -0.2) is 4.79 Å². The Bertz CT molecular complexity index is 469. The van der Waals surface area contributed by atoms with Gasteiger partial charge in [-0.2, -0.15) is 0 Å². The van der Waals surface area contributed by atoms with Crippen LogP contribution in [0.3, 0.4) is 0 Å². The number of rotatable bonds is 2. The molecule has 1 spiro atoms. The lowest BCUT2D eigenvalue weighted by molar-refractivity contribution is 0.0690. The van der Waals surface area contributed by atoms with Crippen LogP contribution in [-0.4, -0.2) is 24.2 Å². The van der Waals surface area contributed by atoms with Crippen molar-refractivity contribution >= 4 is 11.7 Å². The molecule has 0 unspecified atom stereocenters. The molecule has 1 aromatic carbocycles. The van der Waals surface area contributed by atoms with Gasteiger partial charge in [0.15, 0.2) is 0 Å². The molecule has 1 aliphatic heterocycles. The smallest absolute Gasteiger partial charge is 0.337 e. The van der Waals surface area contributed by atoms with Crippen LogP contribution in [-0.2, 0) is 0 Å². The summed E-state index contributed by atoms with van der Waals surface area (Å²) in [6.07, 6.45) is 3.98. The predicted octanol–water partition coefficient (Wildman–Crippen LogP) is 2.68. The number of anilines is 1. The van der Waals surface area contributed by atoms with E-state index >= 15 is 0 Å². The molecule has 3 heteroatoms. The molecule has 1 aromatic rings. The lowest BCUT2D eigenvalue weighted by Crippen LogP contribution is -2.60. The highest BCUT2D eigenvalue weighted by molar-refractivity contribution is 5.95. The molecule has 2 aliphatic rings. The molecule has 2 fully saturated rings. The Morgan fingerprint density at radius 3 is 2.59 bits per heavy atom. The van der Waals surface area contributed by atoms with Crippen molar-refractivity contribution < 1.29 is 9.90 Å². The first kappa shape index (κ1) is 10.6. The van der Waals surface area contributed by atoms with E-state index in [0.29, 0.717) is 11.0 Å². The maximum atomic E-state index is 11.2. The second-order valence-electron chi connectivity index (χ2n) is 5.54. The van der Waals surface area contributed by atoms with E-state index in [2.05, 4.69) is 4.90 Å². The average Bonchev–Trinajstić information content (AvgIpc) is 2.15. The minimum atomic E-state index is -0.821. The van der Waals surface area contributed by atoms with Crippen molar-refractivity contribution in [1.29, 1.82) is 0 Å². The third-order valence-corrected chi connectivity index (χ3v) is 4.19. The van der Waals surface area contributed by atoms with Crippen LogP contribution in [0.5, 0.6) is 0 Å². The van der Waals surface area contributed by atoms with Gasteiger partial charge in [0.2, 0.25) is 0 Å². The van der Waals surface area contributed by atoms with E-state index in [0.717, 1.165) is 24.3 Å². The van der Waals surface area contributed by atoms with Crippen molar-refractivity contribution in [2.75, 3.05) is 18.0 Å². The summed E-state index contributed by atoms with van der Waals surface area (Å²) in [7, 11) is 0. The van der Waals surface area contributed by atoms with Crippen molar-refractivity contribution in [1.82, 2.24) is 0 Å². The van der Waals surface area contributed by atoms with Gasteiger partial charge in [-0.05, 0) is 31.9 Å². The molecule has 1 N–H and O–H groups in total. The fourth-order valence-corrected chi connectivity index (χ4v) is 3.02. The Hall–Kier alpha value is -1.51. The van der Waals surface area contributed by atoms with Gasteiger partial charge in [-0.1, -0.05) is 18.1 Å². The molecule has 1 saturated carbocycles. The van der Waals surface area contributed by atoms with Gasteiger partial charge in [-0.3, -0.25) is 0 Å². The Morgan fingerprint density at radius 2 is 2.06 bits per heavy atom. The van der Waals surface area contributed by atoms with Crippen LogP contribution in [0.1, 0.15) is 35.2 Å². The summed E-state index contributed by atoms with van der Waals surface area (Å²) in [5.41, 5.74) is 2.87. The number of carboxylic acids is 1. The molecule has 17 heavy (non-hydrogen) atoms. The Morgan fingerprint density at radius 1 is 1.35 bits per heavy atom. The summed E-state index contributed by atoms with van der Waals surface area (Å²) in [6.45, 7) is 4.01. The average molecular weight is 231 g/mol. The number of carboxylic acid groups (broad SMARTS) is 1. The molecule has 0 radical (unpaired) electrons. The minimum Gasteiger partial charge on any atom is -0.478 e. The number of hydrogen-bond donors (Lipinski definition) is 1. The highest BCUT2D eigenvalue weighted by atomic mass is 16.4. The number of benzene rings is 1. The molecule has 90 valence electrons. The zero-order chi connectivity index (χ0) is 12.0. The largest absolute Gasteiger partial charge is 0.478 e. The molecular weight excluding hydrogens is 214 g/mol. The second kappa shape index (κ2) is 3.49. The number of aryl methyl sites for hydroxylation is 1. The Balaban J connectivity index is 1.85. The second-order valence-corrected chi connectivity index (χ2v) is 5.54. The molecule has 3 nitrogen and oxygen atoms in total. The zero-order valence-corrected chi connectivity index (χ0v) is 10.1. The molecule has 0 aromatic heterocycles. The highest BCUT2D eigenvalue weighted by Crippen LogP contribution is 2.49.